The molecule has 1 heterocycles. The van der Waals surface area contributed by atoms with Crippen molar-refractivity contribution in [2.45, 2.75) is 12.2 Å². The van der Waals surface area contributed by atoms with Gasteiger partial charge in [0.25, 0.3) is 11.6 Å². The van der Waals surface area contributed by atoms with Crippen molar-refractivity contribution in [3.05, 3.63) is 91.6 Å². The first-order valence-electron chi connectivity index (χ1n) is 9.35. The first kappa shape index (κ1) is 25.7. The van der Waals surface area contributed by atoms with E-state index in [9.17, 15) is 38.0 Å². The Balaban J connectivity index is 1.79. The van der Waals surface area contributed by atoms with E-state index in [4.69, 9.17) is 27.9 Å². The zero-order chi connectivity index (χ0) is 25.9. The molecule has 0 fully saturated rings. The first-order valence-corrected chi connectivity index (χ1v) is 10.1. The number of non-ortho nitro benzene ring substituents is 1. The number of aromatic nitrogens is 1. The average molecular weight is 530 g/mol. The summed E-state index contributed by atoms with van der Waals surface area (Å²) in [5.74, 6) is -2.65. The number of pyridine rings is 1. The lowest BCUT2D eigenvalue weighted by atomic mass is 10.1. The number of alkyl halides is 3. The maximum atomic E-state index is 12.7. The van der Waals surface area contributed by atoms with Crippen LogP contribution in [0.1, 0.15) is 27.5 Å². The Labute approximate surface area is 204 Å². The molecule has 0 aliphatic carbocycles. The summed E-state index contributed by atoms with van der Waals surface area (Å²) in [7, 11) is 0. The summed E-state index contributed by atoms with van der Waals surface area (Å²) in [4.78, 5) is 38.1. The van der Waals surface area contributed by atoms with E-state index in [1.807, 2.05) is 0 Å². The summed E-state index contributed by atoms with van der Waals surface area (Å²) in [5.41, 5.74) is -1.68. The Morgan fingerprint density at radius 2 is 1.74 bits per heavy atom. The monoisotopic (exact) mass is 529 g/mol. The van der Waals surface area contributed by atoms with Crippen molar-refractivity contribution in [1.29, 1.82) is 0 Å². The molecule has 2 N–H and O–H groups in total. The number of aliphatic carboxylic acids is 1. The fourth-order valence-corrected chi connectivity index (χ4v) is 3.20. The number of carbonyl (C=O) groups excluding carboxylic acids is 1. The van der Waals surface area contributed by atoms with Crippen LogP contribution in [0.3, 0.4) is 0 Å². The average Bonchev–Trinajstić information content (AvgIpc) is 2.78. The smallest absolute Gasteiger partial charge is 0.417 e. The van der Waals surface area contributed by atoms with E-state index >= 15 is 0 Å². The van der Waals surface area contributed by atoms with Gasteiger partial charge >= 0.3 is 12.1 Å². The van der Waals surface area contributed by atoms with Gasteiger partial charge in [0.05, 0.1) is 21.1 Å². The predicted molar refractivity (Wildman–Crippen MR) is 117 cm³/mol. The standard InChI is InChI=1S/C21H12Cl2F3N3O6/c22-15-6-3-12(29(33)34)8-14(15)18(30)28-17(20(31)32)10-1-4-13(5-2-10)35-19-16(23)7-11(9-27-19)21(24,25)26/h1-9,17H,(H,28,30)(H,31,32)/t17-/m0/s1. The maximum absolute atomic E-state index is 12.7. The van der Waals surface area contributed by atoms with Crippen molar-refractivity contribution in [2.75, 3.05) is 0 Å². The topological polar surface area (TPSA) is 132 Å². The number of nitrogens with zero attached hydrogens (tertiary/aromatic N) is 2. The van der Waals surface area contributed by atoms with Crippen LogP contribution in [0.2, 0.25) is 10.0 Å². The number of carboxylic acid groups (broad SMARTS) is 1. The molecule has 3 aromatic rings. The number of nitrogens with one attached hydrogen (secondary N) is 1. The molecular formula is C21H12Cl2F3N3O6. The predicted octanol–water partition coefficient (Wildman–Crippen LogP) is 5.66. The number of carbonyl (C=O) groups is 2. The largest absolute Gasteiger partial charge is 0.479 e. The molecule has 0 radical (unpaired) electrons. The molecule has 0 unspecified atom stereocenters. The number of hydrogen-bond donors (Lipinski definition) is 2. The fraction of sp³-hybridized carbons (Fsp3) is 0.0952. The van der Waals surface area contributed by atoms with Gasteiger partial charge in [-0.25, -0.2) is 9.78 Å². The minimum atomic E-state index is -4.64. The lowest BCUT2D eigenvalue weighted by molar-refractivity contribution is -0.384. The third kappa shape index (κ3) is 6.16. The number of hydrogen-bond acceptors (Lipinski definition) is 6. The molecular weight excluding hydrogens is 518 g/mol. The van der Waals surface area contributed by atoms with Crippen molar-refractivity contribution in [1.82, 2.24) is 10.3 Å². The summed E-state index contributed by atoms with van der Waals surface area (Å²) in [6.07, 6.45) is -4.09. The van der Waals surface area contributed by atoms with Gasteiger partial charge in [0.15, 0.2) is 6.04 Å². The molecule has 0 saturated carbocycles. The first-order chi connectivity index (χ1) is 16.4. The van der Waals surface area contributed by atoms with Crippen LogP contribution in [0.25, 0.3) is 0 Å². The van der Waals surface area contributed by atoms with Gasteiger partial charge in [-0.05, 0) is 29.8 Å². The Bertz CT molecular complexity index is 1300. The number of rotatable bonds is 7. The van der Waals surface area contributed by atoms with E-state index in [0.29, 0.717) is 12.3 Å². The lowest BCUT2D eigenvalue weighted by Gasteiger charge is -2.16. The summed E-state index contributed by atoms with van der Waals surface area (Å²) in [6, 6.07) is 7.34. The molecule has 0 bridgehead atoms. The van der Waals surface area contributed by atoms with Crippen LogP contribution in [0.15, 0.2) is 54.7 Å². The zero-order valence-electron chi connectivity index (χ0n) is 17.0. The highest BCUT2D eigenvalue weighted by Crippen LogP contribution is 2.35. The van der Waals surface area contributed by atoms with Gasteiger partial charge in [-0.1, -0.05) is 35.3 Å². The van der Waals surface area contributed by atoms with Crippen molar-refractivity contribution >= 4 is 40.8 Å². The van der Waals surface area contributed by atoms with Crippen LogP contribution in [0.4, 0.5) is 18.9 Å². The number of halogens is 5. The SMILES string of the molecule is O=C(N[C@H](C(=O)O)c1ccc(Oc2ncc(C(F)(F)F)cc2Cl)cc1)c1cc([N+](=O)[O-])ccc1Cl. The van der Waals surface area contributed by atoms with Gasteiger partial charge in [0.1, 0.15) is 10.8 Å². The lowest BCUT2D eigenvalue weighted by Crippen LogP contribution is -2.33. The molecule has 1 amide bonds. The molecule has 0 spiro atoms. The van der Waals surface area contributed by atoms with Gasteiger partial charge < -0.3 is 15.2 Å². The van der Waals surface area contributed by atoms with Gasteiger partial charge in [0, 0.05) is 18.3 Å². The maximum Gasteiger partial charge on any atom is 0.417 e. The highest BCUT2D eigenvalue weighted by Gasteiger charge is 2.32. The third-order valence-corrected chi connectivity index (χ3v) is 5.09. The molecule has 182 valence electrons. The highest BCUT2D eigenvalue weighted by molar-refractivity contribution is 6.34. The summed E-state index contributed by atoms with van der Waals surface area (Å²) >= 11 is 11.7. The van der Waals surface area contributed by atoms with Crippen molar-refractivity contribution in [2.24, 2.45) is 0 Å². The normalized spacial score (nSPS) is 12.0. The van der Waals surface area contributed by atoms with Crippen molar-refractivity contribution < 1.29 is 37.5 Å². The zero-order valence-corrected chi connectivity index (χ0v) is 18.6. The van der Waals surface area contributed by atoms with E-state index in [1.54, 1.807) is 0 Å². The molecule has 3 rings (SSSR count). The minimum absolute atomic E-state index is 0.0695. The van der Waals surface area contributed by atoms with Crippen LogP contribution in [0, 0.1) is 10.1 Å². The van der Waals surface area contributed by atoms with E-state index in [1.165, 1.54) is 24.3 Å². The van der Waals surface area contributed by atoms with Crippen LogP contribution in [-0.4, -0.2) is 26.9 Å². The summed E-state index contributed by atoms with van der Waals surface area (Å²) in [5, 5.41) is 22.2. The highest BCUT2D eigenvalue weighted by atomic mass is 35.5. The molecule has 14 heteroatoms. The Kier molecular flexibility index (Phi) is 7.46. The number of nitro benzene ring substituents is 1. The molecule has 0 aliphatic rings. The van der Waals surface area contributed by atoms with Crippen molar-refractivity contribution in [3.63, 3.8) is 0 Å². The summed E-state index contributed by atoms with van der Waals surface area (Å²) in [6.45, 7) is 0. The third-order valence-electron chi connectivity index (χ3n) is 4.49. The fourth-order valence-electron chi connectivity index (χ4n) is 2.79. The van der Waals surface area contributed by atoms with Crippen molar-refractivity contribution in [3.8, 4) is 11.6 Å². The minimum Gasteiger partial charge on any atom is -0.479 e. The molecule has 1 aromatic heterocycles. The van der Waals surface area contributed by atoms with E-state index in [2.05, 4.69) is 10.3 Å². The van der Waals surface area contributed by atoms with Crippen LogP contribution in [-0.2, 0) is 11.0 Å². The Hall–Kier alpha value is -3.90. The molecule has 1 atom stereocenters. The Morgan fingerprint density at radius 1 is 1.09 bits per heavy atom. The van der Waals surface area contributed by atoms with Crippen LogP contribution < -0.4 is 10.1 Å². The second-order valence-electron chi connectivity index (χ2n) is 6.85. The number of amides is 1. The van der Waals surface area contributed by atoms with E-state index in [-0.39, 0.29) is 27.8 Å². The van der Waals surface area contributed by atoms with Gasteiger partial charge in [-0.15, -0.1) is 0 Å². The van der Waals surface area contributed by atoms with E-state index in [0.717, 1.165) is 18.2 Å². The van der Waals surface area contributed by atoms with Crippen LogP contribution in [0.5, 0.6) is 11.6 Å². The molecule has 0 aliphatic heterocycles. The number of benzene rings is 2. The van der Waals surface area contributed by atoms with Gasteiger partial charge in [0.2, 0.25) is 5.88 Å². The second kappa shape index (κ2) is 10.2. The van der Waals surface area contributed by atoms with Gasteiger partial charge in [-0.2, -0.15) is 13.2 Å². The molecule has 0 saturated heterocycles. The number of carboxylic acids is 1. The number of nitro groups is 1. The quantitative estimate of drug-likeness (QED) is 0.298. The second-order valence-corrected chi connectivity index (χ2v) is 7.66. The Morgan fingerprint density at radius 3 is 2.29 bits per heavy atom. The number of ether oxygens (including phenoxy) is 1. The molecule has 9 nitrogen and oxygen atoms in total. The van der Waals surface area contributed by atoms with E-state index < -0.39 is 45.3 Å². The summed E-state index contributed by atoms with van der Waals surface area (Å²) < 4.78 is 43.5. The van der Waals surface area contributed by atoms with Crippen LogP contribution >= 0.6 is 23.2 Å². The molecule has 35 heavy (non-hydrogen) atoms. The molecule has 2 aromatic carbocycles. The van der Waals surface area contributed by atoms with Gasteiger partial charge in [-0.3, -0.25) is 14.9 Å².